The average Bonchev–Trinajstić information content (AvgIpc) is 2.92. The molecule has 0 unspecified atom stereocenters. The number of amides is 1. The number of hydrogen-bond acceptors (Lipinski definition) is 4. The van der Waals surface area contributed by atoms with E-state index in [4.69, 9.17) is 4.74 Å². The van der Waals surface area contributed by atoms with Crippen LogP contribution in [-0.4, -0.2) is 41.0 Å². The van der Waals surface area contributed by atoms with E-state index in [1.54, 1.807) is 6.20 Å². The lowest BCUT2D eigenvalue weighted by atomic mass is 9.52. The van der Waals surface area contributed by atoms with Crippen LogP contribution in [0.15, 0.2) is 66.9 Å². The summed E-state index contributed by atoms with van der Waals surface area (Å²) in [6, 6.07) is 19.9. The minimum absolute atomic E-state index is 0.0710. The molecule has 3 aromatic rings. The number of alkyl halides is 3. The summed E-state index contributed by atoms with van der Waals surface area (Å²) in [5.74, 6) is -0.0770. The standard InChI is InChI=1S/C32H35F3N2O3/c1-22-26(8-5-15-36-22)19-37-29(38)25-10-12-28-24(16-25)9-11-27-18-30(39,20-40-21-32(33,34)35)13-14-31(27,28)17-23-6-3-2-4-7-23/h2-8,10,12,15-16,27,39H,9,11,13-14,17-21H2,1H3,(H,37,38)/t27-,30-,31+/m1/s1. The second kappa shape index (κ2) is 11.3. The Morgan fingerprint density at radius 2 is 1.93 bits per heavy atom. The number of aromatic nitrogens is 1. The molecule has 1 heterocycles. The van der Waals surface area contributed by atoms with Crippen molar-refractivity contribution >= 4 is 5.91 Å². The number of benzene rings is 2. The molecule has 40 heavy (non-hydrogen) atoms. The van der Waals surface area contributed by atoms with Gasteiger partial charge in [-0.2, -0.15) is 13.2 Å². The summed E-state index contributed by atoms with van der Waals surface area (Å²) in [5.41, 5.74) is 4.33. The first-order chi connectivity index (χ1) is 19.1. The second-order valence-corrected chi connectivity index (χ2v) is 11.4. The van der Waals surface area contributed by atoms with Crippen LogP contribution in [0, 0.1) is 12.8 Å². The molecular weight excluding hydrogens is 517 g/mol. The van der Waals surface area contributed by atoms with Gasteiger partial charge in [-0.1, -0.05) is 42.5 Å². The third-order valence-corrected chi connectivity index (χ3v) is 8.66. The number of pyridine rings is 1. The third-order valence-electron chi connectivity index (χ3n) is 8.66. The highest BCUT2D eigenvalue weighted by Gasteiger charge is 2.52. The molecule has 2 aromatic carbocycles. The summed E-state index contributed by atoms with van der Waals surface area (Å²) >= 11 is 0. The van der Waals surface area contributed by atoms with Crippen molar-refractivity contribution in [1.82, 2.24) is 10.3 Å². The molecule has 0 radical (unpaired) electrons. The quantitative estimate of drug-likeness (QED) is 0.368. The molecule has 2 aliphatic rings. The Morgan fingerprint density at radius 1 is 1.12 bits per heavy atom. The van der Waals surface area contributed by atoms with Gasteiger partial charge in [0.05, 0.1) is 12.2 Å². The van der Waals surface area contributed by atoms with Crippen LogP contribution < -0.4 is 5.32 Å². The smallest absolute Gasteiger partial charge is 0.387 e. The molecule has 1 aromatic heterocycles. The van der Waals surface area contributed by atoms with Crippen molar-refractivity contribution < 1.29 is 27.8 Å². The van der Waals surface area contributed by atoms with Crippen molar-refractivity contribution in [3.05, 3.63) is 100 Å². The molecule has 5 nitrogen and oxygen atoms in total. The summed E-state index contributed by atoms with van der Waals surface area (Å²) in [6.07, 6.45) is 0.926. The van der Waals surface area contributed by atoms with E-state index in [-0.39, 0.29) is 23.8 Å². The molecule has 1 saturated carbocycles. The average molecular weight is 553 g/mol. The Bertz CT molecular complexity index is 1350. The van der Waals surface area contributed by atoms with Gasteiger partial charge in [-0.15, -0.1) is 0 Å². The minimum atomic E-state index is -4.42. The molecule has 1 fully saturated rings. The first-order valence-electron chi connectivity index (χ1n) is 13.8. The first-order valence-corrected chi connectivity index (χ1v) is 13.8. The zero-order valence-electron chi connectivity index (χ0n) is 22.6. The Balaban J connectivity index is 1.39. The highest BCUT2D eigenvalue weighted by molar-refractivity contribution is 5.94. The van der Waals surface area contributed by atoms with Gasteiger partial charge in [0.2, 0.25) is 0 Å². The minimum Gasteiger partial charge on any atom is -0.387 e. The topological polar surface area (TPSA) is 71.5 Å². The Hall–Kier alpha value is -3.23. The molecule has 0 saturated heterocycles. The number of nitrogens with one attached hydrogen (secondary N) is 1. The van der Waals surface area contributed by atoms with Crippen LogP contribution in [0.5, 0.6) is 0 Å². The molecule has 0 aliphatic heterocycles. The molecule has 1 amide bonds. The van der Waals surface area contributed by atoms with Crippen molar-refractivity contribution in [2.75, 3.05) is 13.2 Å². The van der Waals surface area contributed by atoms with Crippen molar-refractivity contribution in [3.63, 3.8) is 0 Å². The third kappa shape index (κ3) is 6.23. The SMILES string of the molecule is Cc1ncccc1CNC(=O)c1ccc2c(c1)CC[C@@H]1C[C@@](O)(COCC(F)(F)F)CC[C@@]21Cc1ccccc1. The Labute approximate surface area is 232 Å². The predicted molar refractivity (Wildman–Crippen MR) is 146 cm³/mol. The van der Waals surface area contributed by atoms with Gasteiger partial charge in [0.15, 0.2) is 0 Å². The van der Waals surface area contributed by atoms with Gasteiger partial charge in [0.25, 0.3) is 5.91 Å². The van der Waals surface area contributed by atoms with Gasteiger partial charge in [-0.3, -0.25) is 9.78 Å². The van der Waals surface area contributed by atoms with E-state index in [1.807, 2.05) is 49.4 Å². The van der Waals surface area contributed by atoms with Crippen LogP contribution >= 0.6 is 0 Å². The number of aryl methyl sites for hydroxylation is 2. The normalized spacial score (nSPS) is 24.2. The number of hydrogen-bond donors (Lipinski definition) is 2. The number of carbonyl (C=O) groups is 1. The van der Waals surface area contributed by atoms with E-state index in [1.165, 1.54) is 11.1 Å². The van der Waals surface area contributed by atoms with E-state index >= 15 is 0 Å². The van der Waals surface area contributed by atoms with Crippen LogP contribution in [0.1, 0.15) is 64.0 Å². The van der Waals surface area contributed by atoms with Crippen LogP contribution in [0.3, 0.4) is 0 Å². The van der Waals surface area contributed by atoms with Crippen molar-refractivity contribution in [2.24, 2.45) is 5.92 Å². The lowest BCUT2D eigenvalue weighted by Gasteiger charge is -2.53. The molecule has 3 atom stereocenters. The van der Waals surface area contributed by atoms with Gasteiger partial charge in [0.1, 0.15) is 6.61 Å². The molecule has 2 aliphatic carbocycles. The highest BCUT2D eigenvalue weighted by Crippen LogP contribution is 2.54. The van der Waals surface area contributed by atoms with E-state index in [0.717, 1.165) is 36.1 Å². The summed E-state index contributed by atoms with van der Waals surface area (Å²) in [7, 11) is 0. The van der Waals surface area contributed by atoms with Gasteiger partial charge in [0, 0.05) is 29.4 Å². The number of aliphatic hydroxyl groups is 1. The molecule has 2 N–H and O–H groups in total. The first kappa shape index (κ1) is 28.3. The van der Waals surface area contributed by atoms with Crippen molar-refractivity contribution in [3.8, 4) is 0 Å². The number of fused-ring (bicyclic) bond motifs is 3. The monoisotopic (exact) mass is 552 g/mol. The number of ether oxygens (including phenoxy) is 1. The summed E-state index contributed by atoms with van der Waals surface area (Å²) < 4.78 is 42.9. The van der Waals surface area contributed by atoms with Gasteiger partial charge >= 0.3 is 6.18 Å². The largest absolute Gasteiger partial charge is 0.411 e. The Morgan fingerprint density at radius 3 is 2.67 bits per heavy atom. The van der Waals surface area contributed by atoms with E-state index in [9.17, 15) is 23.1 Å². The fourth-order valence-corrected chi connectivity index (χ4v) is 6.66. The molecule has 212 valence electrons. The number of carbonyl (C=O) groups excluding carboxylic acids is 1. The fraction of sp³-hybridized carbons (Fsp3) is 0.438. The summed E-state index contributed by atoms with van der Waals surface area (Å²) in [4.78, 5) is 17.3. The summed E-state index contributed by atoms with van der Waals surface area (Å²) in [6.45, 7) is 0.622. The molecule has 5 rings (SSSR count). The number of rotatable bonds is 8. The molecule has 8 heteroatoms. The van der Waals surface area contributed by atoms with Crippen molar-refractivity contribution in [2.45, 2.75) is 69.2 Å². The van der Waals surface area contributed by atoms with E-state index < -0.39 is 18.4 Å². The van der Waals surface area contributed by atoms with Gasteiger partial charge in [-0.05, 0) is 91.8 Å². The summed E-state index contributed by atoms with van der Waals surface area (Å²) in [5, 5.41) is 14.3. The maximum atomic E-state index is 13.1. The predicted octanol–water partition coefficient (Wildman–Crippen LogP) is 5.86. The van der Waals surface area contributed by atoms with Gasteiger partial charge < -0.3 is 15.2 Å². The van der Waals surface area contributed by atoms with Crippen LogP contribution in [0.2, 0.25) is 0 Å². The van der Waals surface area contributed by atoms with Gasteiger partial charge in [-0.25, -0.2) is 0 Å². The highest BCUT2D eigenvalue weighted by atomic mass is 19.4. The lowest BCUT2D eigenvalue weighted by molar-refractivity contribution is -0.192. The number of nitrogens with zero attached hydrogens (tertiary/aromatic N) is 1. The zero-order chi connectivity index (χ0) is 28.4. The molecule has 0 bridgehead atoms. The van der Waals surface area contributed by atoms with Crippen LogP contribution in [0.25, 0.3) is 0 Å². The maximum absolute atomic E-state index is 13.1. The lowest BCUT2D eigenvalue weighted by Crippen LogP contribution is -2.53. The second-order valence-electron chi connectivity index (χ2n) is 11.4. The van der Waals surface area contributed by atoms with E-state index in [2.05, 4.69) is 28.5 Å². The maximum Gasteiger partial charge on any atom is 0.411 e. The zero-order valence-corrected chi connectivity index (χ0v) is 22.6. The Kier molecular flexibility index (Phi) is 8.02. The fourth-order valence-electron chi connectivity index (χ4n) is 6.66. The number of halogens is 3. The molecule has 0 spiro atoms. The van der Waals surface area contributed by atoms with Crippen LogP contribution in [0.4, 0.5) is 13.2 Å². The molecular formula is C32H35F3N2O3. The van der Waals surface area contributed by atoms with Crippen molar-refractivity contribution in [1.29, 1.82) is 0 Å². The van der Waals surface area contributed by atoms with Crippen LogP contribution in [-0.2, 0) is 29.5 Å². The van der Waals surface area contributed by atoms with E-state index in [0.29, 0.717) is 31.4 Å².